The molecule has 27 heavy (non-hydrogen) atoms. The fourth-order valence-electron chi connectivity index (χ4n) is 4.06. The Labute approximate surface area is 168 Å². The molecule has 3 heterocycles. The molecule has 2 aliphatic heterocycles. The number of aromatic nitrogens is 1. The summed E-state index contributed by atoms with van der Waals surface area (Å²) in [5.41, 5.74) is 6.24. The van der Waals surface area contributed by atoms with Crippen molar-refractivity contribution in [3.05, 3.63) is 18.0 Å². The number of carbonyl (C=O) groups excluding carboxylic acids is 1. The van der Waals surface area contributed by atoms with E-state index < -0.39 is 10.0 Å². The maximum Gasteiger partial charge on any atom is 0.270 e. The molecular formula is C18H31ClN4O3S. The van der Waals surface area contributed by atoms with Gasteiger partial charge in [-0.3, -0.25) is 4.79 Å². The van der Waals surface area contributed by atoms with Crippen LogP contribution in [0.3, 0.4) is 0 Å². The van der Waals surface area contributed by atoms with Crippen LogP contribution in [0, 0.1) is 5.92 Å². The number of likely N-dealkylation sites (tertiary alicyclic amines) is 1. The van der Waals surface area contributed by atoms with Crippen LogP contribution in [-0.4, -0.2) is 60.3 Å². The maximum atomic E-state index is 13.0. The highest BCUT2D eigenvalue weighted by Crippen LogP contribution is 2.26. The number of aryl methyl sites for hydroxylation is 1. The second-order valence-electron chi connectivity index (χ2n) is 7.67. The fraction of sp³-hybridized carbons (Fsp3) is 0.722. The molecule has 0 saturated carbocycles. The van der Waals surface area contributed by atoms with Gasteiger partial charge in [0, 0.05) is 45.5 Å². The van der Waals surface area contributed by atoms with Gasteiger partial charge in [0.2, 0.25) is 10.0 Å². The Kier molecular flexibility index (Phi) is 7.35. The Morgan fingerprint density at radius 1 is 1.22 bits per heavy atom. The normalized spacial score (nSPS) is 24.5. The van der Waals surface area contributed by atoms with Crippen molar-refractivity contribution in [2.45, 2.75) is 50.0 Å². The van der Waals surface area contributed by atoms with E-state index in [1.807, 2.05) is 0 Å². The standard InChI is InChI=1S/C18H30N4O3S.ClH/c1-14-6-5-8-21(12-14)26(24,25)16-10-17(20(2)13-16)18(23)22-9-4-3-7-15(22)11-19;/h10,13-15H,3-9,11-12,19H2,1-2H3;1H. The van der Waals surface area contributed by atoms with Crippen LogP contribution < -0.4 is 5.73 Å². The molecule has 1 aromatic heterocycles. The van der Waals surface area contributed by atoms with E-state index >= 15 is 0 Å². The van der Waals surface area contributed by atoms with Crippen molar-refractivity contribution in [2.75, 3.05) is 26.2 Å². The van der Waals surface area contributed by atoms with E-state index in [2.05, 4.69) is 6.92 Å². The highest BCUT2D eigenvalue weighted by Gasteiger charge is 2.33. The molecule has 1 amide bonds. The van der Waals surface area contributed by atoms with Crippen molar-refractivity contribution in [2.24, 2.45) is 18.7 Å². The van der Waals surface area contributed by atoms with E-state index in [9.17, 15) is 13.2 Å². The van der Waals surface area contributed by atoms with E-state index in [1.54, 1.807) is 27.0 Å². The number of hydrogen-bond acceptors (Lipinski definition) is 4. The molecule has 3 rings (SSSR count). The van der Waals surface area contributed by atoms with Gasteiger partial charge < -0.3 is 15.2 Å². The lowest BCUT2D eigenvalue weighted by molar-refractivity contribution is 0.0613. The van der Waals surface area contributed by atoms with Gasteiger partial charge in [-0.1, -0.05) is 6.92 Å². The zero-order valence-electron chi connectivity index (χ0n) is 16.1. The van der Waals surface area contributed by atoms with E-state index in [4.69, 9.17) is 5.73 Å². The van der Waals surface area contributed by atoms with Gasteiger partial charge >= 0.3 is 0 Å². The lowest BCUT2D eigenvalue weighted by atomic mass is 10.0. The minimum Gasteiger partial charge on any atom is -0.345 e. The number of carbonyl (C=O) groups is 1. The summed E-state index contributed by atoms with van der Waals surface area (Å²) in [6.07, 6.45) is 6.44. The number of nitrogens with two attached hydrogens (primary N) is 1. The van der Waals surface area contributed by atoms with Gasteiger partial charge in [0.05, 0.1) is 0 Å². The summed E-state index contributed by atoms with van der Waals surface area (Å²) in [7, 11) is -1.83. The van der Waals surface area contributed by atoms with Crippen LogP contribution in [0.2, 0.25) is 0 Å². The summed E-state index contributed by atoms with van der Waals surface area (Å²) in [4.78, 5) is 15.0. The minimum absolute atomic E-state index is 0. The third-order valence-electron chi connectivity index (χ3n) is 5.62. The van der Waals surface area contributed by atoms with Gasteiger partial charge in [-0.25, -0.2) is 8.42 Å². The van der Waals surface area contributed by atoms with Crippen LogP contribution in [0.25, 0.3) is 0 Å². The number of rotatable bonds is 4. The van der Waals surface area contributed by atoms with E-state index in [0.717, 1.165) is 32.1 Å². The molecule has 0 aromatic carbocycles. The molecule has 2 atom stereocenters. The van der Waals surface area contributed by atoms with Crippen molar-refractivity contribution < 1.29 is 13.2 Å². The topological polar surface area (TPSA) is 88.6 Å². The van der Waals surface area contributed by atoms with E-state index in [-0.39, 0.29) is 29.3 Å². The lowest BCUT2D eigenvalue weighted by Gasteiger charge is -2.35. The van der Waals surface area contributed by atoms with Crippen LogP contribution in [0.4, 0.5) is 0 Å². The summed E-state index contributed by atoms with van der Waals surface area (Å²) in [6, 6.07) is 1.56. The molecule has 9 heteroatoms. The summed E-state index contributed by atoms with van der Waals surface area (Å²) >= 11 is 0. The van der Waals surface area contributed by atoms with Gasteiger partial charge in [0.25, 0.3) is 5.91 Å². The maximum absolute atomic E-state index is 13.0. The molecule has 154 valence electrons. The van der Waals surface area contributed by atoms with Crippen molar-refractivity contribution in [3.8, 4) is 0 Å². The molecule has 2 fully saturated rings. The Morgan fingerprint density at radius 2 is 1.96 bits per heavy atom. The molecule has 1 aromatic rings. The van der Waals surface area contributed by atoms with E-state index in [0.29, 0.717) is 37.8 Å². The number of piperidine rings is 2. The number of halogens is 1. The van der Waals surface area contributed by atoms with Gasteiger partial charge in [-0.15, -0.1) is 12.4 Å². The molecule has 7 nitrogen and oxygen atoms in total. The van der Waals surface area contributed by atoms with Gasteiger partial charge in [0.15, 0.2) is 0 Å². The van der Waals surface area contributed by atoms with Crippen molar-refractivity contribution in [3.63, 3.8) is 0 Å². The quantitative estimate of drug-likeness (QED) is 0.807. The molecule has 0 radical (unpaired) electrons. The second-order valence-corrected chi connectivity index (χ2v) is 9.60. The van der Waals surface area contributed by atoms with Gasteiger partial charge in [-0.2, -0.15) is 4.31 Å². The summed E-state index contributed by atoms with van der Waals surface area (Å²) < 4.78 is 29.2. The third kappa shape index (κ3) is 4.50. The van der Waals surface area contributed by atoms with Crippen molar-refractivity contribution in [1.82, 2.24) is 13.8 Å². The average Bonchev–Trinajstić information content (AvgIpc) is 3.03. The molecule has 0 spiro atoms. The molecular weight excluding hydrogens is 388 g/mol. The Bertz CT molecular complexity index is 765. The first-order chi connectivity index (χ1) is 12.3. The van der Waals surface area contributed by atoms with Crippen LogP contribution in [0.5, 0.6) is 0 Å². The smallest absolute Gasteiger partial charge is 0.270 e. The highest BCUT2D eigenvalue weighted by molar-refractivity contribution is 7.89. The zero-order chi connectivity index (χ0) is 18.9. The zero-order valence-corrected chi connectivity index (χ0v) is 17.8. The number of hydrogen-bond donors (Lipinski definition) is 1. The Balaban J connectivity index is 0.00000261. The Hall–Kier alpha value is -1.09. The highest BCUT2D eigenvalue weighted by atomic mass is 35.5. The van der Waals surface area contributed by atoms with E-state index in [1.165, 1.54) is 6.07 Å². The SMILES string of the molecule is CC1CCCN(S(=O)(=O)c2cc(C(=O)N3CCCCC3CN)n(C)c2)C1.Cl. The van der Waals surface area contributed by atoms with Crippen LogP contribution in [0.15, 0.2) is 17.2 Å². The molecule has 0 aliphatic carbocycles. The third-order valence-corrected chi connectivity index (χ3v) is 7.45. The minimum atomic E-state index is -3.56. The number of nitrogens with zero attached hydrogens (tertiary/aromatic N) is 3. The fourth-order valence-corrected chi connectivity index (χ4v) is 5.73. The van der Waals surface area contributed by atoms with Gasteiger partial charge in [-0.05, 0) is 44.1 Å². The second kappa shape index (κ2) is 8.94. The lowest BCUT2D eigenvalue weighted by Crippen LogP contribution is -2.47. The van der Waals surface area contributed by atoms with Crippen LogP contribution in [0.1, 0.15) is 49.5 Å². The first-order valence-electron chi connectivity index (χ1n) is 9.52. The molecule has 2 aliphatic rings. The first kappa shape index (κ1) is 22.2. The molecule has 2 N–H and O–H groups in total. The van der Waals surface area contributed by atoms with Crippen molar-refractivity contribution in [1.29, 1.82) is 0 Å². The molecule has 2 saturated heterocycles. The average molecular weight is 419 g/mol. The molecule has 2 unspecified atom stereocenters. The van der Waals surface area contributed by atoms with Crippen LogP contribution >= 0.6 is 12.4 Å². The summed E-state index contributed by atoms with van der Waals surface area (Å²) in [5, 5.41) is 0. The predicted molar refractivity (Wildman–Crippen MR) is 108 cm³/mol. The Morgan fingerprint density at radius 3 is 2.63 bits per heavy atom. The molecule has 0 bridgehead atoms. The largest absolute Gasteiger partial charge is 0.345 e. The predicted octanol–water partition coefficient (Wildman–Crippen LogP) is 1.82. The van der Waals surface area contributed by atoms with Crippen molar-refractivity contribution >= 4 is 28.3 Å². The number of sulfonamides is 1. The summed E-state index contributed by atoms with van der Waals surface area (Å²) in [6.45, 7) is 4.28. The number of amides is 1. The van der Waals surface area contributed by atoms with Crippen LogP contribution in [-0.2, 0) is 17.1 Å². The summed E-state index contributed by atoms with van der Waals surface area (Å²) in [5.74, 6) is 0.234. The monoisotopic (exact) mass is 418 g/mol. The first-order valence-corrected chi connectivity index (χ1v) is 11.0. The van der Waals surface area contributed by atoms with Gasteiger partial charge in [0.1, 0.15) is 10.6 Å².